The van der Waals surface area contributed by atoms with Crippen LogP contribution in [-0.2, 0) is 14.8 Å². The molecule has 0 aromatic heterocycles. The number of benzene rings is 1. The minimum Gasteiger partial charge on any atom is -0.343 e. The quantitative estimate of drug-likeness (QED) is 0.820. The van der Waals surface area contributed by atoms with Gasteiger partial charge in [-0.05, 0) is 43.5 Å². The molecule has 124 valence electrons. The lowest BCUT2D eigenvalue weighted by Gasteiger charge is -2.28. The van der Waals surface area contributed by atoms with Crippen LogP contribution in [0.25, 0.3) is 0 Å². The van der Waals surface area contributed by atoms with E-state index in [0.717, 1.165) is 38.6 Å². The lowest BCUT2D eigenvalue weighted by Crippen LogP contribution is -2.39. The van der Waals surface area contributed by atoms with Gasteiger partial charge in [0.25, 0.3) is 0 Å². The summed E-state index contributed by atoms with van der Waals surface area (Å²) in [7, 11) is -3.48. The number of likely N-dealkylation sites (tertiary alicyclic amines) is 1. The highest BCUT2D eigenvalue weighted by Crippen LogP contribution is 2.19. The van der Waals surface area contributed by atoms with E-state index >= 15 is 0 Å². The van der Waals surface area contributed by atoms with E-state index in [1.807, 2.05) is 11.0 Å². The summed E-state index contributed by atoms with van der Waals surface area (Å²) in [4.78, 5) is 14.0. The number of carbonyl (C=O) groups is 1. The van der Waals surface area contributed by atoms with E-state index in [-0.39, 0.29) is 18.9 Å². The number of rotatable bonds is 5. The first kappa shape index (κ1) is 17.3. The second-order valence-corrected chi connectivity index (χ2v) is 7.59. The average Bonchev–Trinajstić information content (AvgIpc) is 2.55. The standard InChI is InChI=1S/C16H21N3O3S/c1-23(21,22)19(15-7-5-14(13-17)6-8-15)12-9-16(20)18-10-3-2-4-11-18/h5-8H,2-4,9-12H2,1H3. The molecule has 0 radical (unpaired) electrons. The maximum absolute atomic E-state index is 12.2. The number of hydrogen-bond acceptors (Lipinski definition) is 4. The van der Waals surface area contributed by atoms with Crippen LogP contribution in [0.3, 0.4) is 0 Å². The van der Waals surface area contributed by atoms with Gasteiger partial charge in [0.15, 0.2) is 0 Å². The highest BCUT2D eigenvalue weighted by atomic mass is 32.2. The van der Waals surface area contributed by atoms with E-state index in [1.165, 1.54) is 4.31 Å². The van der Waals surface area contributed by atoms with Crippen LogP contribution in [0, 0.1) is 11.3 Å². The van der Waals surface area contributed by atoms with Crippen LogP contribution in [0.1, 0.15) is 31.2 Å². The molecule has 23 heavy (non-hydrogen) atoms. The third-order valence-corrected chi connectivity index (χ3v) is 5.12. The Balaban J connectivity index is 2.07. The van der Waals surface area contributed by atoms with Gasteiger partial charge in [-0.2, -0.15) is 5.26 Å². The van der Waals surface area contributed by atoms with Gasteiger partial charge in [-0.3, -0.25) is 9.10 Å². The molecular weight excluding hydrogens is 314 g/mol. The lowest BCUT2D eigenvalue weighted by atomic mass is 10.1. The number of carbonyl (C=O) groups excluding carboxylic acids is 1. The molecule has 1 fully saturated rings. The zero-order valence-corrected chi connectivity index (χ0v) is 14.1. The third-order valence-electron chi connectivity index (χ3n) is 3.92. The van der Waals surface area contributed by atoms with Gasteiger partial charge in [0, 0.05) is 26.1 Å². The van der Waals surface area contributed by atoms with Crippen molar-refractivity contribution in [3.63, 3.8) is 0 Å². The summed E-state index contributed by atoms with van der Waals surface area (Å²) in [6.45, 7) is 1.63. The topological polar surface area (TPSA) is 81.5 Å². The molecule has 0 unspecified atom stereocenters. The van der Waals surface area contributed by atoms with E-state index in [0.29, 0.717) is 11.3 Å². The van der Waals surface area contributed by atoms with Gasteiger partial charge in [0.05, 0.1) is 23.6 Å². The number of nitriles is 1. The van der Waals surface area contributed by atoms with Crippen molar-refractivity contribution in [3.05, 3.63) is 29.8 Å². The van der Waals surface area contributed by atoms with Crippen molar-refractivity contribution in [3.8, 4) is 6.07 Å². The first-order valence-electron chi connectivity index (χ1n) is 7.67. The summed E-state index contributed by atoms with van der Waals surface area (Å²) in [6.07, 6.45) is 4.45. The predicted molar refractivity (Wildman–Crippen MR) is 88.4 cm³/mol. The first-order chi connectivity index (χ1) is 10.9. The molecule has 0 spiro atoms. The molecule has 1 aliphatic heterocycles. The largest absolute Gasteiger partial charge is 0.343 e. The molecule has 2 rings (SSSR count). The van der Waals surface area contributed by atoms with Crippen LogP contribution in [0.15, 0.2) is 24.3 Å². The number of hydrogen-bond donors (Lipinski definition) is 0. The van der Waals surface area contributed by atoms with Gasteiger partial charge in [-0.15, -0.1) is 0 Å². The van der Waals surface area contributed by atoms with E-state index in [4.69, 9.17) is 5.26 Å². The fourth-order valence-corrected chi connectivity index (χ4v) is 3.61. The van der Waals surface area contributed by atoms with Crippen LogP contribution < -0.4 is 4.31 Å². The monoisotopic (exact) mass is 335 g/mol. The molecule has 1 amide bonds. The van der Waals surface area contributed by atoms with Crippen molar-refractivity contribution < 1.29 is 13.2 Å². The second-order valence-electron chi connectivity index (χ2n) is 5.69. The number of nitrogens with zero attached hydrogens (tertiary/aromatic N) is 3. The molecular formula is C16H21N3O3S. The molecule has 0 N–H and O–H groups in total. The maximum atomic E-state index is 12.2. The van der Waals surface area contributed by atoms with E-state index < -0.39 is 10.0 Å². The summed E-state index contributed by atoms with van der Waals surface area (Å²) in [5, 5.41) is 8.82. The van der Waals surface area contributed by atoms with Gasteiger partial charge in [0.2, 0.25) is 15.9 Å². The summed E-state index contributed by atoms with van der Waals surface area (Å²) >= 11 is 0. The first-order valence-corrected chi connectivity index (χ1v) is 9.52. The van der Waals surface area contributed by atoms with Crippen molar-refractivity contribution in [2.24, 2.45) is 0 Å². The molecule has 1 heterocycles. The minimum atomic E-state index is -3.48. The van der Waals surface area contributed by atoms with Gasteiger partial charge in [0.1, 0.15) is 0 Å². The van der Waals surface area contributed by atoms with Crippen LogP contribution in [0.4, 0.5) is 5.69 Å². The second kappa shape index (κ2) is 7.47. The number of amides is 1. The molecule has 1 aliphatic rings. The Kier molecular flexibility index (Phi) is 5.61. The zero-order valence-electron chi connectivity index (χ0n) is 13.2. The van der Waals surface area contributed by atoms with Gasteiger partial charge in [-0.25, -0.2) is 8.42 Å². The minimum absolute atomic E-state index is 0.00741. The fraction of sp³-hybridized carbons (Fsp3) is 0.500. The molecule has 0 saturated carbocycles. The van der Waals surface area contributed by atoms with Crippen molar-refractivity contribution >= 4 is 21.6 Å². The molecule has 0 bridgehead atoms. The SMILES string of the molecule is CS(=O)(=O)N(CCC(=O)N1CCCCC1)c1ccc(C#N)cc1. The molecule has 1 saturated heterocycles. The Bertz CT molecular complexity index is 686. The van der Waals surface area contributed by atoms with Crippen LogP contribution in [-0.4, -0.2) is 45.1 Å². The van der Waals surface area contributed by atoms with E-state index in [1.54, 1.807) is 24.3 Å². The highest BCUT2D eigenvalue weighted by Gasteiger charge is 2.21. The van der Waals surface area contributed by atoms with Crippen LogP contribution in [0.2, 0.25) is 0 Å². The van der Waals surface area contributed by atoms with E-state index in [9.17, 15) is 13.2 Å². The van der Waals surface area contributed by atoms with Gasteiger partial charge in [-0.1, -0.05) is 0 Å². The maximum Gasteiger partial charge on any atom is 0.232 e. The smallest absolute Gasteiger partial charge is 0.232 e. The van der Waals surface area contributed by atoms with Gasteiger partial charge >= 0.3 is 0 Å². The molecule has 0 aliphatic carbocycles. The summed E-state index contributed by atoms with van der Waals surface area (Å²) in [5.74, 6) is -0.00741. The van der Waals surface area contributed by atoms with E-state index in [2.05, 4.69) is 0 Å². The molecule has 1 aromatic carbocycles. The third kappa shape index (κ3) is 4.70. The van der Waals surface area contributed by atoms with Crippen LogP contribution in [0.5, 0.6) is 0 Å². The summed E-state index contributed by atoms with van der Waals surface area (Å²) in [5.41, 5.74) is 0.935. The average molecular weight is 335 g/mol. The lowest BCUT2D eigenvalue weighted by molar-refractivity contribution is -0.131. The normalized spacial score (nSPS) is 15.0. The molecule has 7 heteroatoms. The van der Waals surface area contributed by atoms with Crippen molar-refractivity contribution in [2.45, 2.75) is 25.7 Å². The Morgan fingerprint density at radius 3 is 2.35 bits per heavy atom. The highest BCUT2D eigenvalue weighted by molar-refractivity contribution is 7.92. The number of piperidine rings is 1. The summed E-state index contributed by atoms with van der Waals surface area (Å²) < 4.78 is 25.2. The molecule has 0 atom stereocenters. The Hall–Kier alpha value is -2.07. The van der Waals surface area contributed by atoms with Crippen molar-refractivity contribution in [2.75, 3.05) is 30.2 Å². The zero-order chi connectivity index (χ0) is 16.9. The summed E-state index contributed by atoms with van der Waals surface area (Å²) in [6, 6.07) is 8.31. The fourth-order valence-electron chi connectivity index (χ4n) is 2.69. The van der Waals surface area contributed by atoms with Crippen LogP contribution >= 0.6 is 0 Å². The Labute approximate surface area is 137 Å². The van der Waals surface area contributed by atoms with Crippen molar-refractivity contribution in [1.82, 2.24) is 4.90 Å². The molecule has 6 nitrogen and oxygen atoms in total. The molecule has 1 aromatic rings. The van der Waals surface area contributed by atoms with Gasteiger partial charge < -0.3 is 4.90 Å². The number of anilines is 1. The Morgan fingerprint density at radius 1 is 1.22 bits per heavy atom. The predicted octanol–water partition coefficient (Wildman–Crippen LogP) is 1.73. The van der Waals surface area contributed by atoms with Crippen molar-refractivity contribution in [1.29, 1.82) is 5.26 Å². The number of sulfonamides is 1. The Morgan fingerprint density at radius 2 is 1.83 bits per heavy atom.